The summed E-state index contributed by atoms with van der Waals surface area (Å²) in [6.07, 6.45) is 0.510. The summed E-state index contributed by atoms with van der Waals surface area (Å²) in [6, 6.07) is 10.9. The largest absolute Gasteiger partial charge is 0.497 e. The summed E-state index contributed by atoms with van der Waals surface area (Å²) in [4.78, 5) is 27.5. The van der Waals surface area contributed by atoms with Crippen LogP contribution in [0.5, 0.6) is 11.5 Å². The van der Waals surface area contributed by atoms with Crippen LogP contribution in [0, 0.1) is 20.8 Å². The van der Waals surface area contributed by atoms with E-state index in [-0.39, 0.29) is 18.4 Å². The van der Waals surface area contributed by atoms with Gasteiger partial charge >= 0.3 is 0 Å². The Morgan fingerprint density at radius 3 is 2.32 bits per heavy atom. The highest BCUT2D eigenvalue weighted by Gasteiger charge is 2.28. The van der Waals surface area contributed by atoms with Gasteiger partial charge in [0.2, 0.25) is 5.91 Å². The highest BCUT2D eigenvalue weighted by atomic mass is 16.5. The predicted octanol–water partition coefficient (Wildman–Crippen LogP) is 3.94. The molecule has 31 heavy (non-hydrogen) atoms. The van der Waals surface area contributed by atoms with E-state index >= 15 is 0 Å². The first kappa shape index (κ1) is 24.3. The van der Waals surface area contributed by atoms with Gasteiger partial charge in [-0.1, -0.05) is 25.1 Å². The number of methoxy groups -OCH3 is 1. The summed E-state index contributed by atoms with van der Waals surface area (Å²) in [7, 11) is 1.61. The van der Waals surface area contributed by atoms with E-state index in [0.29, 0.717) is 25.3 Å². The lowest BCUT2D eigenvalue weighted by molar-refractivity contribution is -0.142. The molecule has 0 aliphatic carbocycles. The second-order valence-electron chi connectivity index (χ2n) is 7.68. The number of amides is 2. The van der Waals surface area contributed by atoms with Crippen molar-refractivity contribution in [1.82, 2.24) is 10.2 Å². The lowest BCUT2D eigenvalue weighted by Crippen LogP contribution is -2.50. The Balaban J connectivity index is 2.25. The zero-order chi connectivity index (χ0) is 23.0. The molecule has 0 spiro atoms. The van der Waals surface area contributed by atoms with Crippen LogP contribution in [0.15, 0.2) is 36.4 Å². The van der Waals surface area contributed by atoms with Crippen LogP contribution in [0.3, 0.4) is 0 Å². The maximum absolute atomic E-state index is 13.2. The molecule has 0 heterocycles. The minimum Gasteiger partial charge on any atom is -0.497 e. The van der Waals surface area contributed by atoms with Crippen LogP contribution in [0.2, 0.25) is 0 Å². The van der Waals surface area contributed by atoms with E-state index in [1.807, 2.05) is 65.0 Å². The quantitative estimate of drug-likeness (QED) is 0.625. The van der Waals surface area contributed by atoms with E-state index in [4.69, 9.17) is 9.47 Å². The summed E-state index contributed by atoms with van der Waals surface area (Å²) in [6.45, 7) is 10.5. The van der Waals surface area contributed by atoms with Crippen LogP contribution < -0.4 is 14.8 Å². The normalized spacial score (nSPS) is 11.5. The Morgan fingerprint density at radius 2 is 1.74 bits per heavy atom. The number of carbonyl (C=O) groups is 2. The SMILES string of the molecule is CCNC(=O)[C@@H](CC)N(Cc1ccc(OC)cc1)C(=O)COc1cc(C)cc(C)c1C. The van der Waals surface area contributed by atoms with Crippen LogP contribution in [0.25, 0.3) is 0 Å². The molecule has 2 aromatic carbocycles. The molecule has 0 aliphatic heterocycles. The van der Waals surface area contributed by atoms with Crippen LogP contribution in [-0.4, -0.2) is 43.0 Å². The van der Waals surface area contributed by atoms with Crippen molar-refractivity contribution in [3.8, 4) is 11.5 Å². The van der Waals surface area contributed by atoms with Crippen LogP contribution in [0.1, 0.15) is 42.5 Å². The van der Waals surface area contributed by atoms with E-state index in [1.165, 1.54) is 0 Å². The molecule has 0 unspecified atom stereocenters. The number of nitrogens with zero attached hydrogens (tertiary/aromatic N) is 1. The molecule has 0 saturated heterocycles. The third-order valence-electron chi connectivity index (χ3n) is 5.36. The minimum absolute atomic E-state index is 0.129. The third-order valence-corrected chi connectivity index (χ3v) is 5.36. The Labute approximate surface area is 185 Å². The van der Waals surface area contributed by atoms with E-state index in [2.05, 4.69) is 11.4 Å². The van der Waals surface area contributed by atoms with Gasteiger partial charge in [0, 0.05) is 13.1 Å². The van der Waals surface area contributed by atoms with Crippen molar-refractivity contribution < 1.29 is 19.1 Å². The standard InChI is InChI=1S/C25H34N2O4/c1-7-22(25(29)26-8-2)27(15-20-9-11-21(30-6)12-10-20)24(28)16-31-23-14-17(3)13-18(4)19(23)5/h9-14,22H,7-8,15-16H2,1-6H3,(H,26,29)/t22-/m1/s1. The molecule has 1 N–H and O–H groups in total. The number of benzene rings is 2. The first-order valence-corrected chi connectivity index (χ1v) is 10.7. The smallest absolute Gasteiger partial charge is 0.261 e. The van der Waals surface area contributed by atoms with Gasteiger partial charge in [-0.15, -0.1) is 0 Å². The van der Waals surface area contributed by atoms with Gasteiger partial charge in [0.05, 0.1) is 7.11 Å². The number of rotatable bonds is 10. The van der Waals surface area contributed by atoms with Crippen LogP contribution in [0.4, 0.5) is 0 Å². The number of nitrogens with one attached hydrogen (secondary N) is 1. The maximum atomic E-state index is 13.2. The average molecular weight is 427 g/mol. The fourth-order valence-electron chi connectivity index (χ4n) is 3.51. The number of aryl methyl sites for hydroxylation is 2. The molecule has 1 atom stereocenters. The molecule has 0 aliphatic rings. The summed E-state index contributed by atoms with van der Waals surface area (Å²) in [5.41, 5.74) is 4.12. The Bertz CT molecular complexity index is 893. The van der Waals surface area contributed by atoms with Gasteiger partial charge in [-0.2, -0.15) is 0 Å². The van der Waals surface area contributed by atoms with Crippen molar-refractivity contribution >= 4 is 11.8 Å². The van der Waals surface area contributed by atoms with Gasteiger partial charge in [0.25, 0.3) is 5.91 Å². The Kier molecular flexibility index (Phi) is 8.91. The number of likely N-dealkylation sites (N-methyl/N-ethyl adjacent to an activating group) is 1. The van der Waals surface area contributed by atoms with Gasteiger partial charge in [0.1, 0.15) is 17.5 Å². The molecular formula is C25H34N2O4. The highest BCUT2D eigenvalue weighted by molar-refractivity contribution is 5.88. The van der Waals surface area contributed by atoms with E-state index in [1.54, 1.807) is 12.0 Å². The van der Waals surface area contributed by atoms with Crippen LogP contribution in [-0.2, 0) is 16.1 Å². The first-order valence-electron chi connectivity index (χ1n) is 10.7. The first-order chi connectivity index (χ1) is 14.8. The molecule has 0 aromatic heterocycles. The van der Waals surface area contributed by atoms with Gasteiger partial charge in [-0.3, -0.25) is 9.59 Å². The second kappa shape index (κ2) is 11.4. The number of hydrogen-bond donors (Lipinski definition) is 1. The van der Waals surface area contributed by atoms with Gasteiger partial charge < -0.3 is 19.7 Å². The van der Waals surface area contributed by atoms with Gasteiger partial charge in [-0.05, 0) is 74.6 Å². The van der Waals surface area contributed by atoms with E-state index < -0.39 is 6.04 Å². The minimum atomic E-state index is -0.571. The Morgan fingerprint density at radius 1 is 1.06 bits per heavy atom. The van der Waals surface area contributed by atoms with Crippen molar-refractivity contribution in [2.45, 2.75) is 53.6 Å². The molecule has 0 saturated carbocycles. The summed E-state index contributed by atoms with van der Waals surface area (Å²) >= 11 is 0. The zero-order valence-electron chi connectivity index (χ0n) is 19.5. The van der Waals surface area contributed by atoms with Crippen molar-refractivity contribution in [3.63, 3.8) is 0 Å². The van der Waals surface area contributed by atoms with Crippen molar-refractivity contribution in [2.75, 3.05) is 20.3 Å². The van der Waals surface area contributed by atoms with Crippen LogP contribution >= 0.6 is 0 Å². The van der Waals surface area contributed by atoms with E-state index in [9.17, 15) is 9.59 Å². The lowest BCUT2D eigenvalue weighted by Gasteiger charge is -2.30. The van der Waals surface area contributed by atoms with E-state index in [0.717, 1.165) is 28.0 Å². The Hall–Kier alpha value is -3.02. The summed E-state index contributed by atoms with van der Waals surface area (Å²) in [5, 5.41) is 2.84. The van der Waals surface area contributed by atoms with Gasteiger partial charge in [0.15, 0.2) is 6.61 Å². The molecule has 6 nitrogen and oxygen atoms in total. The molecule has 2 rings (SSSR count). The molecule has 2 amide bonds. The van der Waals surface area contributed by atoms with Crippen molar-refractivity contribution in [1.29, 1.82) is 0 Å². The molecule has 0 radical (unpaired) electrons. The fraction of sp³-hybridized carbons (Fsp3) is 0.440. The number of carbonyl (C=O) groups excluding carboxylic acids is 2. The van der Waals surface area contributed by atoms with Crippen molar-refractivity contribution in [3.05, 3.63) is 58.7 Å². The molecule has 0 bridgehead atoms. The molecule has 2 aromatic rings. The fourth-order valence-corrected chi connectivity index (χ4v) is 3.51. The molecular weight excluding hydrogens is 392 g/mol. The lowest BCUT2D eigenvalue weighted by atomic mass is 10.1. The molecule has 6 heteroatoms. The average Bonchev–Trinajstić information content (AvgIpc) is 2.75. The van der Waals surface area contributed by atoms with Gasteiger partial charge in [-0.25, -0.2) is 0 Å². The zero-order valence-corrected chi connectivity index (χ0v) is 19.5. The monoisotopic (exact) mass is 426 g/mol. The molecule has 0 fully saturated rings. The maximum Gasteiger partial charge on any atom is 0.261 e. The number of hydrogen-bond acceptors (Lipinski definition) is 4. The number of ether oxygens (including phenoxy) is 2. The summed E-state index contributed by atoms with van der Waals surface area (Å²) < 4.78 is 11.1. The third kappa shape index (κ3) is 6.48. The van der Waals surface area contributed by atoms with Crippen molar-refractivity contribution in [2.24, 2.45) is 0 Å². The molecule has 168 valence electrons. The highest BCUT2D eigenvalue weighted by Crippen LogP contribution is 2.24. The topological polar surface area (TPSA) is 67.9 Å². The predicted molar refractivity (Wildman–Crippen MR) is 122 cm³/mol. The second-order valence-corrected chi connectivity index (χ2v) is 7.68. The summed E-state index contributed by atoms with van der Waals surface area (Å²) in [5.74, 6) is 1.05.